The summed E-state index contributed by atoms with van der Waals surface area (Å²) in [6.45, 7) is 3.91. The van der Waals surface area contributed by atoms with Gasteiger partial charge in [-0.3, -0.25) is 4.89 Å². The third-order valence-corrected chi connectivity index (χ3v) is 1.89. The summed E-state index contributed by atoms with van der Waals surface area (Å²) < 4.78 is 4.80. The zero-order valence-corrected chi connectivity index (χ0v) is 9.65. The Morgan fingerprint density at radius 3 is 2.38 bits per heavy atom. The molecule has 0 fully saturated rings. The molecule has 0 aliphatic heterocycles. The van der Waals surface area contributed by atoms with Crippen LogP contribution in [0.2, 0.25) is 0 Å². The van der Waals surface area contributed by atoms with Gasteiger partial charge in [0.25, 0.3) is 0 Å². The maximum absolute atomic E-state index is 11.5. The van der Waals surface area contributed by atoms with Gasteiger partial charge in [0, 0.05) is 7.11 Å². The number of ether oxygens (including phenoxy) is 1. The molecule has 0 bridgehead atoms. The molecular formula is C12H15O4. The van der Waals surface area contributed by atoms with E-state index < -0.39 is 5.97 Å². The average molecular weight is 223 g/mol. The predicted molar refractivity (Wildman–Crippen MR) is 58.5 cm³/mol. The molecule has 1 radical (unpaired) electrons. The van der Waals surface area contributed by atoms with Crippen molar-refractivity contribution in [2.45, 2.75) is 13.8 Å². The summed E-state index contributed by atoms with van der Waals surface area (Å²) in [5.74, 6) is -0.518. The first-order valence-electron chi connectivity index (χ1n) is 4.90. The molecular weight excluding hydrogens is 208 g/mol. The molecule has 0 N–H and O–H groups in total. The van der Waals surface area contributed by atoms with Crippen molar-refractivity contribution in [1.82, 2.24) is 0 Å². The third kappa shape index (κ3) is 4.00. The van der Waals surface area contributed by atoms with E-state index >= 15 is 0 Å². The second kappa shape index (κ2) is 6.25. The maximum atomic E-state index is 11.5. The van der Waals surface area contributed by atoms with Gasteiger partial charge in [-0.1, -0.05) is 17.7 Å². The van der Waals surface area contributed by atoms with E-state index in [0.717, 1.165) is 5.56 Å². The first-order chi connectivity index (χ1) is 7.63. The minimum atomic E-state index is -0.518. The number of hydrogen-bond donors (Lipinski definition) is 0. The molecule has 16 heavy (non-hydrogen) atoms. The Labute approximate surface area is 95.1 Å². The molecule has 1 aromatic rings. The van der Waals surface area contributed by atoms with Gasteiger partial charge in [-0.15, -0.1) is 0 Å². The highest BCUT2D eigenvalue weighted by atomic mass is 17.2. The number of aryl methyl sites for hydroxylation is 1. The molecule has 0 saturated carbocycles. The lowest BCUT2D eigenvalue weighted by Crippen LogP contribution is -2.11. The van der Waals surface area contributed by atoms with Crippen LogP contribution in [0.4, 0.5) is 0 Å². The van der Waals surface area contributed by atoms with Gasteiger partial charge in [-0.2, -0.15) is 4.89 Å². The summed E-state index contributed by atoms with van der Waals surface area (Å²) in [5.41, 5.74) is 1.54. The second-order valence-corrected chi connectivity index (χ2v) is 3.46. The average Bonchev–Trinajstić information content (AvgIpc) is 2.27. The zero-order valence-electron chi connectivity index (χ0n) is 9.65. The van der Waals surface area contributed by atoms with Crippen molar-refractivity contribution in [3.63, 3.8) is 0 Å². The molecule has 0 aromatic heterocycles. The second-order valence-electron chi connectivity index (χ2n) is 3.46. The van der Waals surface area contributed by atoms with E-state index in [4.69, 9.17) is 9.62 Å². The van der Waals surface area contributed by atoms with Crippen LogP contribution in [-0.2, 0) is 14.5 Å². The molecule has 1 rings (SSSR count). The Balaban J connectivity index is 2.43. The fourth-order valence-corrected chi connectivity index (χ4v) is 1.07. The van der Waals surface area contributed by atoms with E-state index in [9.17, 15) is 4.79 Å². The van der Waals surface area contributed by atoms with Crippen LogP contribution < -0.4 is 0 Å². The molecule has 87 valence electrons. The maximum Gasteiger partial charge on any atom is 0.373 e. The van der Waals surface area contributed by atoms with Crippen molar-refractivity contribution in [2.75, 3.05) is 13.7 Å². The number of benzene rings is 1. The lowest BCUT2D eigenvalue weighted by atomic mass is 10.2. The Morgan fingerprint density at radius 1 is 1.19 bits per heavy atom. The van der Waals surface area contributed by atoms with Gasteiger partial charge in [0.15, 0.2) is 6.10 Å². The molecule has 0 aliphatic carbocycles. The molecule has 0 amide bonds. The van der Waals surface area contributed by atoms with E-state index in [1.165, 1.54) is 7.11 Å². The van der Waals surface area contributed by atoms with Crippen LogP contribution in [0.1, 0.15) is 22.8 Å². The Morgan fingerprint density at radius 2 is 1.81 bits per heavy atom. The van der Waals surface area contributed by atoms with Crippen molar-refractivity contribution in [3.8, 4) is 0 Å². The van der Waals surface area contributed by atoms with Crippen LogP contribution in [-0.4, -0.2) is 19.7 Å². The van der Waals surface area contributed by atoms with E-state index in [2.05, 4.69) is 4.89 Å². The quantitative estimate of drug-likeness (QED) is 0.567. The van der Waals surface area contributed by atoms with Crippen molar-refractivity contribution in [1.29, 1.82) is 0 Å². The number of carbonyl (C=O) groups excluding carboxylic acids is 1. The first-order valence-corrected chi connectivity index (χ1v) is 4.90. The first kappa shape index (κ1) is 12.7. The lowest BCUT2D eigenvalue weighted by molar-refractivity contribution is -0.237. The molecule has 0 heterocycles. The topological polar surface area (TPSA) is 44.8 Å². The highest BCUT2D eigenvalue weighted by Gasteiger charge is 2.11. The Bertz CT molecular complexity index is 331. The molecule has 0 aliphatic rings. The van der Waals surface area contributed by atoms with Crippen molar-refractivity contribution >= 4 is 5.97 Å². The van der Waals surface area contributed by atoms with Gasteiger partial charge in [-0.25, -0.2) is 4.79 Å². The van der Waals surface area contributed by atoms with Gasteiger partial charge < -0.3 is 4.74 Å². The minimum Gasteiger partial charge on any atom is -0.381 e. The Kier molecular flexibility index (Phi) is 4.95. The smallest absolute Gasteiger partial charge is 0.373 e. The molecule has 4 heteroatoms. The normalized spacial score (nSPS) is 10.5. The van der Waals surface area contributed by atoms with E-state index in [1.54, 1.807) is 19.1 Å². The highest BCUT2D eigenvalue weighted by Crippen LogP contribution is 2.08. The number of carbonyl (C=O) groups is 1. The third-order valence-electron chi connectivity index (χ3n) is 1.89. The molecule has 0 unspecified atom stereocenters. The van der Waals surface area contributed by atoms with E-state index in [-0.39, 0.29) is 0 Å². The van der Waals surface area contributed by atoms with Crippen LogP contribution in [0.25, 0.3) is 0 Å². The number of hydrogen-bond acceptors (Lipinski definition) is 4. The Hall–Kier alpha value is -1.39. The summed E-state index contributed by atoms with van der Waals surface area (Å²) in [6.07, 6.45) is 0.489. The van der Waals surface area contributed by atoms with Gasteiger partial charge >= 0.3 is 5.97 Å². The van der Waals surface area contributed by atoms with Crippen molar-refractivity contribution < 1.29 is 19.3 Å². The molecule has 4 nitrogen and oxygen atoms in total. The standard InChI is InChI=1S/C12H15O4/c1-9-4-6-11(7-5-9)12(13)16-15-10(2)8-14-3/h4-7H,8H2,1-3H3. The lowest BCUT2D eigenvalue weighted by Gasteiger charge is -2.08. The molecule has 0 spiro atoms. The summed E-state index contributed by atoms with van der Waals surface area (Å²) >= 11 is 0. The SMILES string of the molecule is COC[C](C)OOC(=O)c1ccc(C)cc1. The molecule has 0 saturated heterocycles. The largest absolute Gasteiger partial charge is 0.381 e. The van der Waals surface area contributed by atoms with E-state index in [1.807, 2.05) is 19.1 Å². The minimum absolute atomic E-state index is 0.293. The number of rotatable bonds is 5. The van der Waals surface area contributed by atoms with Crippen molar-refractivity contribution in [3.05, 3.63) is 41.5 Å². The summed E-state index contributed by atoms with van der Waals surface area (Å²) in [7, 11) is 1.54. The predicted octanol–water partition coefficient (Wildman–Crippen LogP) is 2.28. The summed E-state index contributed by atoms with van der Waals surface area (Å²) in [5, 5.41) is 0. The van der Waals surface area contributed by atoms with Crippen LogP contribution in [0.5, 0.6) is 0 Å². The van der Waals surface area contributed by atoms with Crippen molar-refractivity contribution in [2.24, 2.45) is 0 Å². The van der Waals surface area contributed by atoms with Gasteiger partial charge in [0.05, 0.1) is 12.2 Å². The van der Waals surface area contributed by atoms with Gasteiger partial charge in [-0.05, 0) is 26.0 Å². The number of methoxy groups -OCH3 is 1. The van der Waals surface area contributed by atoms with Crippen LogP contribution >= 0.6 is 0 Å². The van der Waals surface area contributed by atoms with Crippen LogP contribution in [0.3, 0.4) is 0 Å². The zero-order chi connectivity index (χ0) is 12.0. The van der Waals surface area contributed by atoms with Crippen LogP contribution in [0.15, 0.2) is 24.3 Å². The van der Waals surface area contributed by atoms with Gasteiger partial charge in [0.1, 0.15) is 0 Å². The fourth-order valence-electron chi connectivity index (χ4n) is 1.07. The monoisotopic (exact) mass is 223 g/mol. The van der Waals surface area contributed by atoms with Gasteiger partial charge in [0.2, 0.25) is 0 Å². The summed E-state index contributed by atoms with van der Waals surface area (Å²) in [4.78, 5) is 20.9. The highest BCUT2D eigenvalue weighted by molar-refractivity contribution is 5.88. The fraction of sp³-hybridized carbons (Fsp3) is 0.333. The van der Waals surface area contributed by atoms with E-state index in [0.29, 0.717) is 18.3 Å². The molecule has 1 aromatic carbocycles. The van der Waals surface area contributed by atoms with Crippen LogP contribution in [0, 0.1) is 13.0 Å². The molecule has 0 atom stereocenters. The summed E-state index contributed by atoms with van der Waals surface area (Å²) in [6, 6.07) is 7.05.